The summed E-state index contributed by atoms with van der Waals surface area (Å²) in [5, 5.41) is 3.19. The molecule has 2 aliphatic rings. The van der Waals surface area contributed by atoms with Crippen LogP contribution in [0.5, 0.6) is 0 Å². The van der Waals surface area contributed by atoms with Crippen LogP contribution in [0.4, 0.5) is 11.4 Å². The molecule has 1 saturated carbocycles. The molecule has 0 saturated heterocycles. The van der Waals surface area contributed by atoms with E-state index in [9.17, 15) is 4.79 Å². The smallest absolute Gasteiger partial charge is 0.224 e. The van der Waals surface area contributed by atoms with Crippen LogP contribution in [-0.4, -0.2) is 17.0 Å². The molecule has 4 rings (SSSR count). The third kappa shape index (κ3) is 3.50. The second kappa shape index (κ2) is 7.18. The highest BCUT2D eigenvalue weighted by molar-refractivity contribution is 5.93. The van der Waals surface area contributed by atoms with Crippen LogP contribution in [0, 0.1) is 19.8 Å². The molecule has 2 heterocycles. The number of nitrogens with zero attached hydrogens (tertiary/aromatic N) is 2. The van der Waals surface area contributed by atoms with Gasteiger partial charge in [0, 0.05) is 42.8 Å². The Morgan fingerprint density at radius 3 is 2.62 bits per heavy atom. The third-order valence-electron chi connectivity index (χ3n) is 5.98. The number of nitrogens with one attached hydrogen (secondary N) is 1. The molecular formula is C22H29N3O. The monoisotopic (exact) mass is 351 g/mol. The number of amides is 1. The van der Waals surface area contributed by atoms with Crippen LogP contribution >= 0.6 is 0 Å². The van der Waals surface area contributed by atoms with E-state index >= 15 is 0 Å². The normalized spacial score (nSPS) is 17.4. The summed E-state index contributed by atoms with van der Waals surface area (Å²) in [7, 11) is 0. The van der Waals surface area contributed by atoms with Gasteiger partial charge in [-0.25, -0.2) is 0 Å². The van der Waals surface area contributed by atoms with E-state index in [-0.39, 0.29) is 5.91 Å². The zero-order chi connectivity index (χ0) is 18.1. The number of carbonyl (C=O) groups is 1. The van der Waals surface area contributed by atoms with Gasteiger partial charge in [-0.2, -0.15) is 0 Å². The molecule has 0 spiro atoms. The summed E-state index contributed by atoms with van der Waals surface area (Å²) in [6, 6.07) is 8.76. The Hall–Kier alpha value is -2.23. The molecular weight excluding hydrogens is 322 g/mol. The summed E-state index contributed by atoms with van der Waals surface area (Å²) in [6.07, 6.45) is 7.81. The molecule has 1 N–H and O–H groups in total. The maximum Gasteiger partial charge on any atom is 0.224 e. The number of anilines is 2. The summed E-state index contributed by atoms with van der Waals surface area (Å²) in [6.45, 7) is 7.20. The van der Waals surface area contributed by atoms with Crippen molar-refractivity contribution in [2.75, 3.05) is 16.8 Å². The quantitative estimate of drug-likeness (QED) is 0.871. The lowest BCUT2D eigenvalue weighted by Crippen LogP contribution is -2.33. The highest BCUT2D eigenvalue weighted by Crippen LogP contribution is 2.31. The Morgan fingerprint density at radius 1 is 1.15 bits per heavy atom. The highest BCUT2D eigenvalue weighted by Gasteiger charge is 2.20. The lowest BCUT2D eigenvalue weighted by Gasteiger charge is -2.31. The maximum absolute atomic E-state index is 12.4. The number of hydrogen-bond donors (Lipinski definition) is 1. The van der Waals surface area contributed by atoms with Gasteiger partial charge in [-0.3, -0.25) is 4.79 Å². The highest BCUT2D eigenvalue weighted by atomic mass is 16.1. The molecule has 138 valence electrons. The summed E-state index contributed by atoms with van der Waals surface area (Å²) >= 11 is 0. The average Bonchev–Trinajstić information content (AvgIpc) is 3.28. The fourth-order valence-corrected chi connectivity index (χ4v) is 4.52. The van der Waals surface area contributed by atoms with E-state index in [2.05, 4.69) is 59.1 Å². The molecule has 1 amide bonds. The standard InChI is InChI=1S/C22H29N3O/c1-16-12-20(25-11-10-24-9-5-8-19(24)15-25)13-17(2)22(16)23-21(26)14-18-6-3-4-7-18/h5,8-9,12-13,18H,3-4,6-7,10-11,14-15H2,1-2H3,(H,23,26). The van der Waals surface area contributed by atoms with E-state index in [1.54, 1.807) is 0 Å². The van der Waals surface area contributed by atoms with Gasteiger partial charge in [0.1, 0.15) is 0 Å². The van der Waals surface area contributed by atoms with Crippen molar-refractivity contribution in [2.45, 2.75) is 59.0 Å². The van der Waals surface area contributed by atoms with Gasteiger partial charge in [0.25, 0.3) is 0 Å². The zero-order valence-electron chi connectivity index (χ0n) is 15.9. The first-order valence-electron chi connectivity index (χ1n) is 9.90. The molecule has 2 aromatic rings. The van der Waals surface area contributed by atoms with Crippen molar-refractivity contribution in [3.05, 3.63) is 47.3 Å². The van der Waals surface area contributed by atoms with Gasteiger partial charge in [0.05, 0.1) is 6.54 Å². The Labute approximate surface area is 156 Å². The lowest BCUT2D eigenvalue weighted by atomic mass is 10.0. The molecule has 0 bridgehead atoms. The summed E-state index contributed by atoms with van der Waals surface area (Å²) in [4.78, 5) is 14.9. The first kappa shape index (κ1) is 17.2. The van der Waals surface area contributed by atoms with Crippen molar-refractivity contribution in [1.82, 2.24) is 4.57 Å². The van der Waals surface area contributed by atoms with Crippen molar-refractivity contribution >= 4 is 17.3 Å². The van der Waals surface area contributed by atoms with Gasteiger partial charge in [-0.05, 0) is 68.0 Å². The first-order valence-corrected chi connectivity index (χ1v) is 9.90. The topological polar surface area (TPSA) is 37.3 Å². The van der Waals surface area contributed by atoms with Crippen LogP contribution in [0.25, 0.3) is 0 Å². The van der Waals surface area contributed by atoms with Gasteiger partial charge in [-0.15, -0.1) is 0 Å². The van der Waals surface area contributed by atoms with E-state index in [1.807, 2.05) is 0 Å². The molecule has 1 fully saturated rings. The molecule has 1 aromatic carbocycles. The predicted molar refractivity (Wildman–Crippen MR) is 107 cm³/mol. The molecule has 1 aliphatic heterocycles. The third-order valence-corrected chi connectivity index (χ3v) is 5.98. The maximum atomic E-state index is 12.4. The van der Waals surface area contributed by atoms with Crippen molar-refractivity contribution < 1.29 is 4.79 Å². The summed E-state index contributed by atoms with van der Waals surface area (Å²) in [5.41, 5.74) is 5.92. The minimum absolute atomic E-state index is 0.173. The average molecular weight is 351 g/mol. The van der Waals surface area contributed by atoms with E-state index in [0.29, 0.717) is 12.3 Å². The molecule has 4 nitrogen and oxygen atoms in total. The van der Waals surface area contributed by atoms with Gasteiger partial charge in [0.15, 0.2) is 0 Å². The number of aryl methyl sites for hydroxylation is 2. The van der Waals surface area contributed by atoms with Crippen LogP contribution in [-0.2, 0) is 17.9 Å². The van der Waals surface area contributed by atoms with Crippen LogP contribution < -0.4 is 10.2 Å². The summed E-state index contributed by atoms with van der Waals surface area (Å²) < 4.78 is 2.33. The van der Waals surface area contributed by atoms with Crippen LogP contribution in [0.1, 0.15) is 48.9 Å². The number of rotatable bonds is 4. The number of benzene rings is 1. The van der Waals surface area contributed by atoms with Crippen LogP contribution in [0.2, 0.25) is 0 Å². The van der Waals surface area contributed by atoms with Gasteiger partial charge in [-0.1, -0.05) is 12.8 Å². The predicted octanol–water partition coefficient (Wildman–Crippen LogP) is 4.64. The van der Waals surface area contributed by atoms with Crippen LogP contribution in [0.15, 0.2) is 30.5 Å². The van der Waals surface area contributed by atoms with Gasteiger partial charge in [0.2, 0.25) is 5.91 Å². The van der Waals surface area contributed by atoms with Crippen molar-refractivity contribution in [3.8, 4) is 0 Å². The Kier molecular flexibility index (Phi) is 4.75. The fourth-order valence-electron chi connectivity index (χ4n) is 4.52. The molecule has 0 atom stereocenters. The zero-order valence-corrected chi connectivity index (χ0v) is 15.9. The van der Waals surface area contributed by atoms with E-state index in [1.165, 1.54) is 37.1 Å². The molecule has 1 aliphatic carbocycles. The van der Waals surface area contributed by atoms with Crippen molar-refractivity contribution in [2.24, 2.45) is 5.92 Å². The Bertz CT molecular complexity index is 778. The minimum Gasteiger partial charge on any atom is -0.364 e. The molecule has 4 heteroatoms. The molecule has 1 aromatic heterocycles. The number of fused-ring (bicyclic) bond motifs is 1. The fraction of sp³-hybridized carbons (Fsp3) is 0.500. The van der Waals surface area contributed by atoms with Crippen molar-refractivity contribution in [3.63, 3.8) is 0 Å². The minimum atomic E-state index is 0.173. The van der Waals surface area contributed by atoms with Gasteiger partial charge >= 0.3 is 0 Å². The number of aromatic nitrogens is 1. The van der Waals surface area contributed by atoms with E-state index in [0.717, 1.165) is 36.4 Å². The number of hydrogen-bond acceptors (Lipinski definition) is 2. The second-order valence-corrected chi connectivity index (χ2v) is 7.97. The molecule has 0 unspecified atom stereocenters. The van der Waals surface area contributed by atoms with Crippen LogP contribution in [0.3, 0.4) is 0 Å². The SMILES string of the molecule is Cc1cc(N2CCn3cccc3C2)cc(C)c1NC(=O)CC1CCCC1. The van der Waals surface area contributed by atoms with E-state index < -0.39 is 0 Å². The van der Waals surface area contributed by atoms with Gasteiger partial charge < -0.3 is 14.8 Å². The Balaban J connectivity index is 1.47. The molecule has 0 radical (unpaired) electrons. The largest absolute Gasteiger partial charge is 0.364 e. The second-order valence-electron chi connectivity index (χ2n) is 7.97. The molecule has 26 heavy (non-hydrogen) atoms. The summed E-state index contributed by atoms with van der Waals surface area (Å²) in [5.74, 6) is 0.756. The lowest BCUT2D eigenvalue weighted by molar-refractivity contribution is -0.117. The van der Waals surface area contributed by atoms with Crippen molar-refractivity contribution in [1.29, 1.82) is 0 Å². The first-order chi connectivity index (χ1) is 12.6. The number of carbonyl (C=O) groups excluding carboxylic acids is 1. The Morgan fingerprint density at radius 2 is 1.88 bits per heavy atom. The van der Waals surface area contributed by atoms with E-state index in [4.69, 9.17) is 0 Å².